The Labute approximate surface area is 135 Å². The lowest BCUT2D eigenvalue weighted by Crippen LogP contribution is -2.14. The van der Waals surface area contributed by atoms with Crippen LogP contribution in [0.2, 0.25) is 15.1 Å². The minimum absolute atomic E-state index is 0.0447. The number of anilines is 1. The van der Waals surface area contributed by atoms with Gasteiger partial charge in [0, 0.05) is 6.07 Å². The van der Waals surface area contributed by atoms with Gasteiger partial charge in [0.2, 0.25) is 0 Å². The monoisotopic (exact) mass is 369 g/mol. The summed E-state index contributed by atoms with van der Waals surface area (Å²) in [6, 6.07) is 5.90. The molecule has 0 unspecified atom stereocenters. The highest BCUT2D eigenvalue weighted by Gasteiger charge is 2.22. The van der Waals surface area contributed by atoms with Crippen molar-refractivity contribution < 1.29 is 17.9 Å². The quantitative estimate of drug-likeness (QED) is 0.792. The van der Waals surface area contributed by atoms with Gasteiger partial charge in [-0.2, -0.15) is 0 Å². The lowest BCUT2D eigenvalue weighted by molar-refractivity contribution is 0.476. The number of halogens is 4. The molecule has 2 aromatic rings. The van der Waals surface area contributed by atoms with Crippen molar-refractivity contribution in [3.63, 3.8) is 0 Å². The first-order valence-corrected chi connectivity index (χ1v) is 7.99. The number of phenolic OH excluding ortho intramolecular Hbond substituents is 1. The molecule has 0 aromatic heterocycles. The first kappa shape index (κ1) is 16.2. The highest BCUT2D eigenvalue weighted by molar-refractivity contribution is 7.92. The van der Waals surface area contributed by atoms with E-state index in [-0.39, 0.29) is 21.5 Å². The molecule has 0 spiro atoms. The fraction of sp³-hybridized carbons (Fsp3) is 0. The molecule has 0 aliphatic carbocycles. The van der Waals surface area contributed by atoms with Crippen LogP contribution in [0.3, 0.4) is 0 Å². The van der Waals surface area contributed by atoms with Gasteiger partial charge in [0.25, 0.3) is 10.0 Å². The Morgan fingerprint density at radius 1 is 1.05 bits per heavy atom. The first-order valence-electron chi connectivity index (χ1n) is 5.37. The van der Waals surface area contributed by atoms with E-state index in [4.69, 9.17) is 34.8 Å². The summed E-state index contributed by atoms with van der Waals surface area (Å²) in [7, 11) is -4.15. The largest absolute Gasteiger partial charge is 0.506 e. The average molecular weight is 371 g/mol. The van der Waals surface area contributed by atoms with Crippen molar-refractivity contribution >= 4 is 50.5 Å². The van der Waals surface area contributed by atoms with E-state index in [0.717, 1.165) is 18.2 Å². The van der Waals surface area contributed by atoms with Crippen LogP contribution in [0, 0.1) is 5.82 Å². The molecule has 2 aromatic carbocycles. The van der Waals surface area contributed by atoms with Crippen LogP contribution in [0.25, 0.3) is 0 Å². The molecule has 0 amide bonds. The molecule has 0 heterocycles. The SMILES string of the molecule is O=S(=O)(Nc1ccc(Cl)c(O)c1)c1ccc(Cl)c(F)c1Cl. The summed E-state index contributed by atoms with van der Waals surface area (Å²) >= 11 is 16.8. The number of phenols is 1. The van der Waals surface area contributed by atoms with Gasteiger partial charge in [0.15, 0.2) is 5.82 Å². The number of aromatic hydroxyl groups is 1. The molecule has 0 aliphatic rings. The molecular weight excluding hydrogens is 364 g/mol. The normalized spacial score (nSPS) is 11.4. The predicted octanol–water partition coefficient (Wildman–Crippen LogP) is 4.29. The summed E-state index contributed by atoms with van der Waals surface area (Å²) in [5, 5.41) is 8.59. The number of benzene rings is 2. The lowest BCUT2D eigenvalue weighted by atomic mass is 10.3. The zero-order valence-electron chi connectivity index (χ0n) is 10.1. The summed E-state index contributed by atoms with van der Waals surface area (Å²) < 4.78 is 40.0. The molecule has 2 rings (SSSR count). The second kappa shape index (κ2) is 5.88. The van der Waals surface area contributed by atoms with Crippen LogP contribution in [0.1, 0.15) is 0 Å². The van der Waals surface area contributed by atoms with Gasteiger partial charge >= 0.3 is 0 Å². The zero-order chi connectivity index (χ0) is 15.8. The Morgan fingerprint density at radius 2 is 1.67 bits per heavy atom. The number of rotatable bonds is 3. The van der Waals surface area contributed by atoms with E-state index in [1.165, 1.54) is 12.1 Å². The first-order chi connectivity index (χ1) is 9.72. The van der Waals surface area contributed by atoms with Gasteiger partial charge in [-0.05, 0) is 24.3 Å². The van der Waals surface area contributed by atoms with Crippen LogP contribution in [-0.4, -0.2) is 13.5 Å². The molecule has 0 radical (unpaired) electrons. The number of nitrogens with one attached hydrogen (secondary N) is 1. The number of sulfonamides is 1. The minimum atomic E-state index is -4.15. The Balaban J connectivity index is 2.43. The van der Waals surface area contributed by atoms with E-state index in [2.05, 4.69) is 4.72 Å². The summed E-state index contributed by atoms with van der Waals surface area (Å²) in [5.74, 6) is -1.33. The summed E-state index contributed by atoms with van der Waals surface area (Å²) in [6.45, 7) is 0. The maximum Gasteiger partial charge on any atom is 0.263 e. The third-order valence-corrected chi connectivity index (χ3v) is 5.00. The second-order valence-electron chi connectivity index (χ2n) is 3.95. The predicted molar refractivity (Wildman–Crippen MR) is 80.3 cm³/mol. The molecule has 0 saturated carbocycles. The van der Waals surface area contributed by atoms with Gasteiger partial charge in [0.05, 0.1) is 20.8 Å². The summed E-state index contributed by atoms with van der Waals surface area (Å²) in [4.78, 5) is -0.472. The van der Waals surface area contributed by atoms with E-state index >= 15 is 0 Å². The highest BCUT2D eigenvalue weighted by Crippen LogP contribution is 2.32. The summed E-state index contributed by atoms with van der Waals surface area (Å²) in [6.07, 6.45) is 0. The van der Waals surface area contributed by atoms with Crippen molar-refractivity contribution in [2.75, 3.05) is 4.72 Å². The van der Waals surface area contributed by atoms with Gasteiger partial charge in [-0.3, -0.25) is 4.72 Å². The van der Waals surface area contributed by atoms with Crippen LogP contribution in [-0.2, 0) is 10.0 Å². The van der Waals surface area contributed by atoms with Crippen molar-refractivity contribution in [1.29, 1.82) is 0 Å². The molecule has 21 heavy (non-hydrogen) atoms. The zero-order valence-corrected chi connectivity index (χ0v) is 13.2. The van der Waals surface area contributed by atoms with Crippen LogP contribution in [0.5, 0.6) is 5.75 Å². The van der Waals surface area contributed by atoms with E-state index in [9.17, 15) is 17.9 Å². The molecule has 0 saturated heterocycles. The van der Waals surface area contributed by atoms with Crippen LogP contribution in [0.15, 0.2) is 35.2 Å². The van der Waals surface area contributed by atoms with Crippen molar-refractivity contribution in [1.82, 2.24) is 0 Å². The van der Waals surface area contributed by atoms with E-state index < -0.39 is 25.8 Å². The van der Waals surface area contributed by atoms with E-state index in [0.29, 0.717) is 0 Å². The molecule has 0 atom stereocenters. The molecule has 0 fully saturated rings. The summed E-state index contributed by atoms with van der Waals surface area (Å²) in [5.41, 5.74) is 0.0447. The fourth-order valence-electron chi connectivity index (χ4n) is 1.50. The fourth-order valence-corrected chi connectivity index (χ4v) is 3.41. The van der Waals surface area contributed by atoms with Crippen molar-refractivity contribution in [3.05, 3.63) is 51.2 Å². The average Bonchev–Trinajstić information content (AvgIpc) is 2.39. The molecule has 9 heteroatoms. The van der Waals surface area contributed by atoms with Crippen LogP contribution >= 0.6 is 34.8 Å². The van der Waals surface area contributed by atoms with Gasteiger partial charge in [-0.25, -0.2) is 12.8 Å². The van der Waals surface area contributed by atoms with Gasteiger partial charge in [0.1, 0.15) is 10.6 Å². The van der Waals surface area contributed by atoms with Crippen LogP contribution in [0.4, 0.5) is 10.1 Å². The topological polar surface area (TPSA) is 66.4 Å². The Kier molecular flexibility index (Phi) is 4.53. The molecule has 2 N–H and O–H groups in total. The lowest BCUT2D eigenvalue weighted by Gasteiger charge is -2.11. The number of hydrogen-bond acceptors (Lipinski definition) is 3. The van der Waals surface area contributed by atoms with E-state index in [1.807, 2.05) is 0 Å². The van der Waals surface area contributed by atoms with Crippen LogP contribution < -0.4 is 4.72 Å². The number of hydrogen-bond donors (Lipinski definition) is 2. The van der Waals surface area contributed by atoms with Crippen molar-refractivity contribution in [3.8, 4) is 5.75 Å². The van der Waals surface area contributed by atoms with Gasteiger partial charge in [-0.1, -0.05) is 34.8 Å². The molecule has 0 aliphatic heterocycles. The molecule has 112 valence electrons. The second-order valence-corrected chi connectivity index (χ2v) is 6.79. The Hall–Kier alpha value is -1.21. The minimum Gasteiger partial charge on any atom is -0.506 e. The third kappa shape index (κ3) is 3.35. The Bertz CT molecular complexity index is 812. The Morgan fingerprint density at radius 3 is 2.29 bits per heavy atom. The van der Waals surface area contributed by atoms with E-state index in [1.54, 1.807) is 0 Å². The van der Waals surface area contributed by atoms with Gasteiger partial charge < -0.3 is 5.11 Å². The maximum absolute atomic E-state index is 13.6. The standard InChI is InChI=1S/C12H7Cl3FNO3S/c13-7-2-1-6(5-9(7)18)17-21(19,20)10-4-3-8(14)12(16)11(10)15/h1-5,17-18H. The van der Waals surface area contributed by atoms with Crippen molar-refractivity contribution in [2.24, 2.45) is 0 Å². The highest BCUT2D eigenvalue weighted by atomic mass is 35.5. The third-order valence-electron chi connectivity index (χ3n) is 2.49. The molecule has 4 nitrogen and oxygen atoms in total. The molecule has 0 bridgehead atoms. The smallest absolute Gasteiger partial charge is 0.263 e. The van der Waals surface area contributed by atoms with Gasteiger partial charge in [-0.15, -0.1) is 0 Å². The maximum atomic E-state index is 13.6. The molecular formula is C12H7Cl3FNO3S. The van der Waals surface area contributed by atoms with Crippen molar-refractivity contribution in [2.45, 2.75) is 4.90 Å².